The highest BCUT2D eigenvalue weighted by Gasteiger charge is 2.25. The molecular weight excluding hydrogens is 143 g/mol. The summed E-state index contributed by atoms with van der Waals surface area (Å²) in [5, 5.41) is 0. The van der Waals surface area contributed by atoms with Gasteiger partial charge >= 0.3 is 0 Å². The molecule has 66 valence electrons. The summed E-state index contributed by atoms with van der Waals surface area (Å²) >= 11 is 0. The molecule has 0 heterocycles. The monoisotopic (exact) mass is 160 g/mol. The summed E-state index contributed by atoms with van der Waals surface area (Å²) in [5.41, 5.74) is 0.0399. The Bertz CT molecular complexity index is 106. The molecular formula is C9H17FO. The maximum atomic E-state index is 10.5. The number of halogens is 1. The van der Waals surface area contributed by atoms with Crippen molar-refractivity contribution in [2.24, 2.45) is 5.41 Å². The van der Waals surface area contributed by atoms with Gasteiger partial charge in [0.2, 0.25) is 0 Å². The number of hydrogen-bond acceptors (Lipinski definition) is 1. The lowest BCUT2D eigenvalue weighted by Crippen LogP contribution is -2.21. The van der Waals surface area contributed by atoms with Crippen LogP contribution in [-0.4, -0.2) is 13.5 Å². The molecule has 0 bridgehead atoms. The van der Waals surface area contributed by atoms with Gasteiger partial charge in [0.15, 0.2) is 0 Å². The van der Waals surface area contributed by atoms with Crippen molar-refractivity contribution in [3.05, 3.63) is 0 Å². The maximum absolute atomic E-state index is 10.5. The predicted molar refractivity (Wildman–Crippen MR) is 44.3 cm³/mol. The summed E-state index contributed by atoms with van der Waals surface area (Å²) in [6, 6.07) is 0. The molecule has 1 aliphatic carbocycles. The van der Waals surface area contributed by atoms with Crippen LogP contribution in [0.2, 0.25) is 0 Å². The van der Waals surface area contributed by atoms with Crippen molar-refractivity contribution in [2.45, 2.75) is 39.0 Å². The fourth-order valence-electron chi connectivity index (χ4n) is 1.48. The van der Waals surface area contributed by atoms with Crippen molar-refractivity contribution in [3.63, 3.8) is 0 Å². The van der Waals surface area contributed by atoms with Gasteiger partial charge in [0, 0.05) is 5.41 Å². The largest absolute Gasteiger partial charge is 0.303 e. The zero-order valence-electron chi connectivity index (χ0n) is 7.40. The fourth-order valence-corrected chi connectivity index (χ4v) is 1.48. The summed E-state index contributed by atoms with van der Waals surface area (Å²) < 4.78 is 9.50. The van der Waals surface area contributed by atoms with Crippen molar-refractivity contribution >= 4 is 6.29 Å². The molecule has 0 spiro atoms. The van der Waals surface area contributed by atoms with Gasteiger partial charge in [-0.15, -0.1) is 0 Å². The van der Waals surface area contributed by atoms with Gasteiger partial charge < -0.3 is 4.79 Å². The van der Waals surface area contributed by atoms with Gasteiger partial charge in [-0.2, -0.15) is 0 Å². The van der Waals surface area contributed by atoms with Gasteiger partial charge in [-0.25, -0.2) is 0 Å². The Labute approximate surface area is 68.0 Å². The van der Waals surface area contributed by atoms with Crippen molar-refractivity contribution in [3.8, 4) is 0 Å². The SMILES string of the molecule is CC1(C=O)CCCCC1.CF. The van der Waals surface area contributed by atoms with Crippen LogP contribution >= 0.6 is 0 Å². The molecule has 0 radical (unpaired) electrons. The minimum Gasteiger partial charge on any atom is -0.303 e. The highest BCUT2D eigenvalue weighted by atomic mass is 19.1. The van der Waals surface area contributed by atoms with Crippen LogP contribution in [0.3, 0.4) is 0 Å². The molecule has 0 atom stereocenters. The van der Waals surface area contributed by atoms with E-state index in [4.69, 9.17) is 0 Å². The average molecular weight is 160 g/mol. The van der Waals surface area contributed by atoms with Crippen LogP contribution in [0, 0.1) is 5.41 Å². The van der Waals surface area contributed by atoms with Gasteiger partial charge in [-0.3, -0.25) is 4.39 Å². The third kappa shape index (κ3) is 3.49. The molecule has 0 aromatic rings. The number of carbonyl (C=O) groups excluding carboxylic acids is 1. The standard InChI is InChI=1S/C8H14O.CH3F/c1-8(7-9)5-3-2-4-6-8;1-2/h7H,2-6H2,1H3;1H3. The lowest BCUT2D eigenvalue weighted by Gasteiger charge is -2.26. The molecule has 0 aliphatic heterocycles. The van der Waals surface area contributed by atoms with E-state index in [-0.39, 0.29) is 5.41 Å². The van der Waals surface area contributed by atoms with Gasteiger partial charge in [-0.1, -0.05) is 26.2 Å². The Morgan fingerprint density at radius 3 is 1.91 bits per heavy atom. The highest BCUT2D eigenvalue weighted by Crippen LogP contribution is 2.33. The molecule has 0 saturated heterocycles. The second-order valence-electron chi connectivity index (χ2n) is 3.33. The first-order chi connectivity index (χ1) is 5.27. The number of hydrogen-bond donors (Lipinski definition) is 0. The highest BCUT2D eigenvalue weighted by molar-refractivity contribution is 5.58. The van der Waals surface area contributed by atoms with E-state index in [1.54, 1.807) is 0 Å². The Kier molecular flexibility index (Phi) is 5.08. The second-order valence-corrected chi connectivity index (χ2v) is 3.33. The normalized spacial score (nSPS) is 21.4. The molecule has 1 aliphatic rings. The van der Waals surface area contributed by atoms with Crippen molar-refractivity contribution in [1.29, 1.82) is 0 Å². The average Bonchev–Trinajstić information content (AvgIpc) is 2.10. The van der Waals surface area contributed by atoms with Crippen LogP contribution in [0.4, 0.5) is 4.39 Å². The van der Waals surface area contributed by atoms with Gasteiger partial charge in [0.1, 0.15) is 6.29 Å². The van der Waals surface area contributed by atoms with Crippen LogP contribution < -0.4 is 0 Å². The zero-order valence-corrected chi connectivity index (χ0v) is 7.40. The molecule has 0 unspecified atom stereocenters. The van der Waals surface area contributed by atoms with E-state index in [1.807, 2.05) is 0 Å². The molecule has 1 saturated carbocycles. The smallest absolute Gasteiger partial charge is 0.125 e. The molecule has 1 nitrogen and oxygen atoms in total. The Morgan fingerprint density at radius 1 is 1.18 bits per heavy atom. The van der Waals surface area contributed by atoms with E-state index in [0.717, 1.165) is 19.1 Å². The van der Waals surface area contributed by atoms with Gasteiger partial charge in [0.25, 0.3) is 0 Å². The molecule has 0 aromatic heterocycles. The third-order valence-electron chi connectivity index (χ3n) is 2.28. The first kappa shape index (κ1) is 10.6. The van der Waals surface area contributed by atoms with E-state index < -0.39 is 0 Å². The summed E-state index contributed by atoms with van der Waals surface area (Å²) in [6.07, 6.45) is 7.16. The van der Waals surface area contributed by atoms with Gasteiger partial charge in [0.05, 0.1) is 7.18 Å². The molecule has 0 N–H and O–H groups in total. The van der Waals surface area contributed by atoms with E-state index in [2.05, 4.69) is 6.92 Å². The predicted octanol–water partition coefficient (Wildman–Crippen LogP) is 2.74. The summed E-state index contributed by atoms with van der Waals surface area (Å²) in [5.74, 6) is 0. The molecule has 1 rings (SSSR count). The minimum absolute atomic E-state index is 0.0399. The van der Waals surface area contributed by atoms with Crippen LogP contribution in [0.15, 0.2) is 0 Å². The van der Waals surface area contributed by atoms with Crippen molar-refractivity contribution < 1.29 is 9.18 Å². The lowest BCUT2D eigenvalue weighted by atomic mass is 9.77. The Morgan fingerprint density at radius 2 is 1.64 bits per heavy atom. The van der Waals surface area contributed by atoms with Crippen LogP contribution in [0.25, 0.3) is 0 Å². The molecule has 0 amide bonds. The quantitative estimate of drug-likeness (QED) is 0.539. The number of carbonyl (C=O) groups is 1. The number of aldehydes is 1. The molecule has 11 heavy (non-hydrogen) atoms. The minimum atomic E-state index is 0.0399. The fraction of sp³-hybridized carbons (Fsp3) is 0.889. The van der Waals surface area contributed by atoms with Crippen molar-refractivity contribution in [1.82, 2.24) is 0 Å². The molecule has 0 aromatic carbocycles. The first-order valence-electron chi connectivity index (χ1n) is 4.11. The Balaban J connectivity index is 0.000000461. The van der Waals surface area contributed by atoms with Crippen LogP contribution in [-0.2, 0) is 4.79 Å². The third-order valence-corrected chi connectivity index (χ3v) is 2.28. The Hall–Kier alpha value is -0.400. The first-order valence-corrected chi connectivity index (χ1v) is 4.11. The second kappa shape index (κ2) is 5.28. The van der Waals surface area contributed by atoms with Crippen LogP contribution in [0.1, 0.15) is 39.0 Å². The maximum Gasteiger partial charge on any atom is 0.125 e. The van der Waals surface area contributed by atoms with Gasteiger partial charge in [-0.05, 0) is 12.8 Å². The zero-order chi connectivity index (χ0) is 8.74. The van der Waals surface area contributed by atoms with E-state index in [0.29, 0.717) is 7.18 Å². The number of alkyl halides is 1. The van der Waals surface area contributed by atoms with E-state index in [9.17, 15) is 9.18 Å². The van der Waals surface area contributed by atoms with Crippen molar-refractivity contribution in [2.75, 3.05) is 7.18 Å². The summed E-state index contributed by atoms with van der Waals surface area (Å²) in [4.78, 5) is 10.5. The molecule has 2 heteroatoms. The lowest BCUT2D eigenvalue weighted by molar-refractivity contribution is -0.116. The summed E-state index contributed by atoms with van der Waals surface area (Å²) in [7, 11) is 0.500. The summed E-state index contributed by atoms with van der Waals surface area (Å²) in [6.45, 7) is 2.07. The molecule has 1 fully saturated rings. The topological polar surface area (TPSA) is 17.1 Å². The number of rotatable bonds is 1. The van der Waals surface area contributed by atoms with E-state index >= 15 is 0 Å². The van der Waals surface area contributed by atoms with E-state index in [1.165, 1.54) is 19.3 Å². The van der Waals surface area contributed by atoms with Crippen LogP contribution in [0.5, 0.6) is 0 Å².